The first-order valence-electron chi connectivity index (χ1n) is 7.53. The van der Waals surface area contributed by atoms with Crippen LogP contribution in [0.1, 0.15) is 36.7 Å². The summed E-state index contributed by atoms with van der Waals surface area (Å²) in [6, 6.07) is 12.2. The van der Waals surface area contributed by atoms with E-state index in [1.54, 1.807) is 12.3 Å². The fourth-order valence-corrected chi connectivity index (χ4v) is 2.54. The van der Waals surface area contributed by atoms with Crippen molar-refractivity contribution in [3.8, 4) is 0 Å². The molecule has 1 heterocycles. The van der Waals surface area contributed by atoms with Gasteiger partial charge in [0, 0.05) is 22.8 Å². The number of anilines is 1. The number of aromatic amines is 1. The average Bonchev–Trinajstić information content (AvgIpc) is 2.89. The van der Waals surface area contributed by atoms with Crippen LogP contribution in [0.5, 0.6) is 0 Å². The van der Waals surface area contributed by atoms with Gasteiger partial charge < -0.3 is 10.3 Å². The fraction of sp³-hybridized carbons (Fsp3) is 0.211. The van der Waals surface area contributed by atoms with Crippen LogP contribution in [-0.4, -0.2) is 10.9 Å². The highest BCUT2D eigenvalue weighted by molar-refractivity contribution is 6.12. The van der Waals surface area contributed by atoms with Gasteiger partial charge in [0.25, 0.3) is 5.91 Å². The third kappa shape index (κ3) is 3.11. The van der Waals surface area contributed by atoms with Crippen molar-refractivity contribution < 1.29 is 9.18 Å². The molecule has 1 amide bonds. The van der Waals surface area contributed by atoms with Crippen LogP contribution >= 0.6 is 0 Å². The highest BCUT2D eigenvalue weighted by atomic mass is 19.1. The van der Waals surface area contributed by atoms with E-state index in [9.17, 15) is 9.18 Å². The van der Waals surface area contributed by atoms with E-state index >= 15 is 0 Å². The molecule has 0 aliphatic rings. The summed E-state index contributed by atoms with van der Waals surface area (Å²) in [5, 5.41) is 3.58. The smallest absolute Gasteiger partial charge is 0.257 e. The lowest BCUT2D eigenvalue weighted by atomic mass is 9.87. The van der Waals surface area contributed by atoms with Gasteiger partial charge in [0.05, 0.1) is 5.56 Å². The summed E-state index contributed by atoms with van der Waals surface area (Å²) in [5.74, 6) is -0.546. The topological polar surface area (TPSA) is 44.9 Å². The number of amides is 1. The molecule has 0 atom stereocenters. The van der Waals surface area contributed by atoms with Crippen molar-refractivity contribution in [2.75, 3.05) is 5.32 Å². The summed E-state index contributed by atoms with van der Waals surface area (Å²) in [6.07, 6.45) is 1.60. The number of fused-ring (bicyclic) bond motifs is 1. The second-order valence-corrected chi connectivity index (χ2v) is 6.67. The molecule has 2 aromatic carbocycles. The molecule has 0 bridgehead atoms. The van der Waals surface area contributed by atoms with E-state index in [0.29, 0.717) is 16.5 Å². The largest absolute Gasteiger partial charge is 0.360 e. The second kappa shape index (κ2) is 5.54. The molecule has 1 aromatic heterocycles. The first-order chi connectivity index (χ1) is 10.8. The van der Waals surface area contributed by atoms with Gasteiger partial charge in [0.2, 0.25) is 0 Å². The Bertz CT molecular complexity index is 857. The summed E-state index contributed by atoms with van der Waals surface area (Å²) in [7, 11) is 0. The van der Waals surface area contributed by atoms with Gasteiger partial charge in [-0.25, -0.2) is 4.39 Å². The lowest BCUT2D eigenvalue weighted by Crippen LogP contribution is -2.13. The van der Waals surface area contributed by atoms with Crippen LogP contribution in [0, 0.1) is 5.82 Å². The molecule has 4 heteroatoms. The zero-order valence-electron chi connectivity index (χ0n) is 13.4. The van der Waals surface area contributed by atoms with Crippen LogP contribution in [0.4, 0.5) is 10.1 Å². The van der Waals surface area contributed by atoms with Gasteiger partial charge in [-0.1, -0.05) is 32.9 Å². The minimum atomic E-state index is -0.330. The third-order valence-electron chi connectivity index (χ3n) is 3.90. The predicted octanol–water partition coefficient (Wildman–Crippen LogP) is 4.86. The third-order valence-corrected chi connectivity index (χ3v) is 3.90. The maximum absolute atomic E-state index is 13.2. The maximum atomic E-state index is 13.2. The molecule has 2 N–H and O–H groups in total. The molecule has 0 unspecified atom stereocenters. The number of aromatic nitrogens is 1. The van der Waals surface area contributed by atoms with Gasteiger partial charge in [-0.05, 0) is 41.3 Å². The second-order valence-electron chi connectivity index (χ2n) is 6.67. The van der Waals surface area contributed by atoms with Crippen molar-refractivity contribution in [2.24, 2.45) is 0 Å². The quantitative estimate of drug-likeness (QED) is 0.698. The Balaban J connectivity index is 1.83. The highest BCUT2D eigenvalue weighted by Crippen LogP contribution is 2.24. The van der Waals surface area contributed by atoms with Crippen molar-refractivity contribution in [3.63, 3.8) is 0 Å². The van der Waals surface area contributed by atoms with Crippen LogP contribution in [-0.2, 0) is 5.41 Å². The summed E-state index contributed by atoms with van der Waals surface area (Å²) < 4.78 is 13.2. The van der Waals surface area contributed by atoms with Gasteiger partial charge in [-0.2, -0.15) is 0 Å². The number of nitrogens with one attached hydrogen (secondary N) is 2. The molecule has 0 saturated heterocycles. The van der Waals surface area contributed by atoms with E-state index in [1.165, 1.54) is 17.7 Å². The van der Waals surface area contributed by atoms with E-state index in [4.69, 9.17) is 0 Å². The first-order valence-corrected chi connectivity index (χ1v) is 7.53. The van der Waals surface area contributed by atoms with E-state index in [0.717, 1.165) is 5.69 Å². The summed E-state index contributed by atoms with van der Waals surface area (Å²) in [5.41, 5.74) is 3.12. The Morgan fingerprint density at radius 2 is 1.78 bits per heavy atom. The van der Waals surface area contributed by atoms with Gasteiger partial charge in [-0.3, -0.25) is 4.79 Å². The van der Waals surface area contributed by atoms with Crippen molar-refractivity contribution in [2.45, 2.75) is 26.2 Å². The lowest BCUT2D eigenvalue weighted by Gasteiger charge is -2.19. The number of carbonyl (C=O) groups excluding carboxylic acids is 1. The number of H-pyrrole nitrogens is 1. The van der Waals surface area contributed by atoms with Crippen molar-refractivity contribution in [1.29, 1.82) is 0 Å². The highest BCUT2D eigenvalue weighted by Gasteiger charge is 2.15. The zero-order chi connectivity index (χ0) is 16.6. The lowest BCUT2D eigenvalue weighted by molar-refractivity contribution is 0.102. The molecular formula is C19H19FN2O. The van der Waals surface area contributed by atoms with Crippen molar-refractivity contribution in [3.05, 3.63) is 65.6 Å². The maximum Gasteiger partial charge on any atom is 0.257 e. The van der Waals surface area contributed by atoms with Crippen molar-refractivity contribution >= 4 is 22.5 Å². The van der Waals surface area contributed by atoms with Gasteiger partial charge >= 0.3 is 0 Å². The van der Waals surface area contributed by atoms with Crippen LogP contribution in [0.2, 0.25) is 0 Å². The van der Waals surface area contributed by atoms with Crippen LogP contribution < -0.4 is 5.32 Å². The van der Waals surface area contributed by atoms with Crippen LogP contribution in [0.25, 0.3) is 10.9 Å². The number of halogens is 1. The van der Waals surface area contributed by atoms with Gasteiger partial charge in [0.15, 0.2) is 0 Å². The molecule has 3 rings (SSSR count). The van der Waals surface area contributed by atoms with E-state index in [1.807, 2.05) is 24.3 Å². The molecule has 0 aliphatic heterocycles. The monoisotopic (exact) mass is 310 g/mol. The minimum absolute atomic E-state index is 0.0729. The minimum Gasteiger partial charge on any atom is -0.360 e. The number of hydrogen-bond donors (Lipinski definition) is 2. The Morgan fingerprint density at radius 1 is 1.09 bits per heavy atom. The average molecular weight is 310 g/mol. The Labute approximate surface area is 134 Å². The van der Waals surface area contributed by atoms with E-state index in [-0.39, 0.29) is 17.1 Å². The molecule has 0 saturated carbocycles. The fourth-order valence-electron chi connectivity index (χ4n) is 2.54. The molecule has 0 spiro atoms. The Hall–Kier alpha value is -2.62. The molecule has 0 radical (unpaired) electrons. The summed E-state index contributed by atoms with van der Waals surface area (Å²) in [6.45, 7) is 6.43. The molecule has 118 valence electrons. The summed E-state index contributed by atoms with van der Waals surface area (Å²) >= 11 is 0. The van der Waals surface area contributed by atoms with Gasteiger partial charge in [0.1, 0.15) is 5.82 Å². The Morgan fingerprint density at radius 3 is 2.43 bits per heavy atom. The molecule has 3 aromatic rings. The molecule has 23 heavy (non-hydrogen) atoms. The van der Waals surface area contributed by atoms with Gasteiger partial charge in [-0.15, -0.1) is 0 Å². The number of hydrogen-bond acceptors (Lipinski definition) is 1. The molecular weight excluding hydrogens is 291 g/mol. The number of rotatable bonds is 2. The normalized spacial score (nSPS) is 11.7. The van der Waals surface area contributed by atoms with Crippen LogP contribution in [0.15, 0.2) is 48.7 Å². The number of benzene rings is 2. The van der Waals surface area contributed by atoms with Crippen molar-refractivity contribution in [1.82, 2.24) is 4.98 Å². The van der Waals surface area contributed by atoms with E-state index in [2.05, 4.69) is 31.1 Å². The zero-order valence-corrected chi connectivity index (χ0v) is 13.4. The van der Waals surface area contributed by atoms with Crippen LogP contribution in [0.3, 0.4) is 0 Å². The standard InChI is InChI=1S/C19H19FN2O/c1-19(2,3)12-4-7-14(8-5-12)22-18(23)16-11-21-17-10-13(20)6-9-15(16)17/h4-11,21H,1-3H3,(H,22,23). The predicted molar refractivity (Wildman–Crippen MR) is 91.4 cm³/mol. The first kappa shape index (κ1) is 15.3. The SMILES string of the molecule is CC(C)(C)c1ccc(NC(=O)c2c[nH]c3cc(F)ccc23)cc1. The number of carbonyl (C=O) groups is 1. The Kier molecular flexibility index (Phi) is 3.68. The molecule has 0 aliphatic carbocycles. The summed E-state index contributed by atoms with van der Waals surface area (Å²) in [4.78, 5) is 15.4. The van der Waals surface area contributed by atoms with E-state index < -0.39 is 0 Å². The molecule has 3 nitrogen and oxygen atoms in total. The molecule has 0 fully saturated rings.